The zero-order chi connectivity index (χ0) is 15.2. The van der Waals surface area contributed by atoms with Gasteiger partial charge in [-0.15, -0.1) is 0 Å². The summed E-state index contributed by atoms with van der Waals surface area (Å²) in [4.78, 5) is 11.5. The second-order valence-corrected chi connectivity index (χ2v) is 4.82. The molecule has 4 heteroatoms. The van der Waals surface area contributed by atoms with Crippen molar-refractivity contribution in [1.29, 1.82) is 0 Å². The van der Waals surface area contributed by atoms with Gasteiger partial charge < -0.3 is 14.2 Å². The maximum atomic E-state index is 11.5. The van der Waals surface area contributed by atoms with Crippen LogP contribution in [0.5, 0.6) is 23.0 Å². The van der Waals surface area contributed by atoms with Crippen molar-refractivity contribution in [3.8, 4) is 23.0 Å². The van der Waals surface area contributed by atoms with Crippen LogP contribution in [0.25, 0.3) is 0 Å². The van der Waals surface area contributed by atoms with Gasteiger partial charge in [0.1, 0.15) is 23.0 Å². The number of methoxy groups -OCH3 is 1. The maximum Gasteiger partial charge on any atom is 0.313 e. The van der Waals surface area contributed by atoms with Crippen LogP contribution >= 0.6 is 0 Å². The molecule has 110 valence electrons. The van der Waals surface area contributed by atoms with Gasteiger partial charge >= 0.3 is 5.97 Å². The Kier molecular flexibility index (Phi) is 4.82. The first-order chi connectivity index (χ1) is 10.1. The summed E-state index contributed by atoms with van der Waals surface area (Å²) in [5, 5.41) is 0. The van der Waals surface area contributed by atoms with E-state index < -0.39 is 0 Å². The quantitative estimate of drug-likeness (QED) is 0.614. The van der Waals surface area contributed by atoms with Gasteiger partial charge in [-0.2, -0.15) is 0 Å². The molecular formula is C17H18O4. The van der Waals surface area contributed by atoms with Gasteiger partial charge in [-0.25, -0.2) is 0 Å². The summed E-state index contributed by atoms with van der Waals surface area (Å²) in [7, 11) is 1.62. The summed E-state index contributed by atoms with van der Waals surface area (Å²) in [6.45, 7) is 3.59. The molecule has 4 nitrogen and oxygen atoms in total. The average Bonchev–Trinajstić information content (AvgIpc) is 2.50. The lowest BCUT2D eigenvalue weighted by Gasteiger charge is -2.09. The van der Waals surface area contributed by atoms with Crippen molar-refractivity contribution in [2.24, 2.45) is 5.92 Å². The first-order valence-electron chi connectivity index (χ1n) is 6.72. The molecule has 0 aliphatic carbocycles. The Labute approximate surface area is 124 Å². The smallest absolute Gasteiger partial charge is 0.313 e. The Morgan fingerprint density at radius 3 is 1.67 bits per heavy atom. The minimum absolute atomic E-state index is 0.153. The number of ether oxygens (including phenoxy) is 3. The molecule has 0 N–H and O–H groups in total. The minimum atomic E-state index is -0.251. The molecule has 0 aliphatic rings. The molecule has 2 aromatic rings. The number of hydrogen-bond acceptors (Lipinski definition) is 4. The van der Waals surface area contributed by atoms with Gasteiger partial charge in [0.25, 0.3) is 0 Å². The Bertz CT molecular complexity index is 585. The summed E-state index contributed by atoms with van der Waals surface area (Å²) in [5.74, 6) is 2.26. The van der Waals surface area contributed by atoms with Crippen molar-refractivity contribution in [2.45, 2.75) is 13.8 Å². The van der Waals surface area contributed by atoms with Crippen molar-refractivity contribution < 1.29 is 19.0 Å². The first kappa shape index (κ1) is 14.9. The van der Waals surface area contributed by atoms with Crippen LogP contribution in [0.4, 0.5) is 0 Å². The minimum Gasteiger partial charge on any atom is -0.497 e. The standard InChI is InChI=1S/C17H18O4/c1-12(2)17(18)21-16-10-8-15(9-11-16)20-14-6-4-13(19-3)5-7-14/h4-12H,1-3H3. The number of carbonyl (C=O) groups excluding carboxylic acids is 1. The maximum absolute atomic E-state index is 11.5. The van der Waals surface area contributed by atoms with Crippen LogP contribution in [0.2, 0.25) is 0 Å². The lowest BCUT2D eigenvalue weighted by Crippen LogP contribution is -2.14. The third-order valence-corrected chi connectivity index (χ3v) is 2.81. The molecule has 0 saturated heterocycles. The fourth-order valence-electron chi connectivity index (χ4n) is 1.59. The number of carbonyl (C=O) groups is 1. The lowest BCUT2D eigenvalue weighted by molar-refractivity contribution is -0.137. The van der Waals surface area contributed by atoms with Crippen LogP contribution in [0, 0.1) is 5.92 Å². The van der Waals surface area contributed by atoms with Gasteiger partial charge in [-0.3, -0.25) is 4.79 Å². The monoisotopic (exact) mass is 286 g/mol. The van der Waals surface area contributed by atoms with Gasteiger partial charge in [0.2, 0.25) is 0 Å². The predicted molar refractivity (Wildman–Crippen MR) is 80.0 cm³/mol. The fourth-order valence-corrected chi connectivity index (χ4v) is 1.59. The van der Waals surface area contributed by atoms with Crippen molar-refractivity contribution in [3.63, 3.8) is 0 Å². The third-order valence-electron chi connectivity index (χ3n) is 2.81. The van der Waals surface area contributed by atoms with E-state index in [1.54, 1.807) is 45.2 Å². The molecule has 0 bridgehead atoms. The number of hydrogen-bond donors (Lipinski definition) is 0. The van der Waals surface area contributed by atoms with Crippen molar-refractivity contribution in [3.05, 3.63) is 48.5 Å². The van der Waals surface area contributed by atoms with E-state index in [2.05, 4.69) is 0 Å². The van der Waals surface area contributed by atoms with Crippen molar-refractivity contribution in [2.75, 3.05) is 7.11 Å². The summed E-state index contributed by atoms with van der Waals surface area (Å²) in [6, 6.07) is 14.2. The Hall–Kier alpha value is -2.49. The molecule has 2 aromatic carbocycles. The number of esters is 1. The highest BCUT2D eigenvalue weighted by Gasteiger charge is 2.09. The van der Waals surface area contributed by atoms with Crippen molar-refractivity contribution >= 4 is 5.97 Å². The van der Waals surface area contributed by atoms with Crippen molar-refractivity contribution in [1.82, 2.24) is 0 Å². The molecule has 0 atom stereocenters. The fraction of sp³-hybridized carbons (Fsp3) is 0.235. The highest BCUT2D eigenvalue weighted by atomic mass is 16.5. The summed E-state index contributed by atoms with van der Waals surface area (Å²) in [5.41, 5.74) is 0. The third kappa shape index (κ3) is 4.24. The van der Waals surface area contributed by atoms with Crippen LogP contribution < -0.4 is 14.2 Å². The Balaban J connectivity index is 2.00. The van der Waals surface area contributed by atoms with Crippen LogP contribution in [0.3, 0.4) is 0 Å². The van der Waals surface area contributed by atoms with E-state index in [4.69, 9.17) is 14.2 Å². The van der Waals surface area contributed by atoms with Crippen LogP contribution in [-0.2, 0) is 4.79 Å². The normalized spacial score (nSPS) is 10.3. The molecule has 0 unspecified atom stereocenters. The second-order valence-electron chi connectivity index (χ2n) is 4.82. The molecule has 0 heterocycles. The zero-order valence-corrected chi connectivity index (χ0v) is 12.3. The van der Waals surface area contributed by atoms with Gasteiger partial charge in [0.05, 0.1) is 13.0 Å². The highest BCUT2D eigenvalue weighted by Crippen LogP contribution is 2.25. The van der Waals surface area contributed by atoms with E-state index in [9.17, 15) is 4.79 Å². The summed E-state index contributed by atoms with van der Waals surface area (Å²) >= 11 is 0. The number of rotatable bonds is 5. The summed E-state index contributed by atoms with van der Waals surface area (Å²) < 4.78 is 16.0. The van der Waals surface area contributed by atoms with E-state index in [0.29, 0.717) is 17.2 Å². The molecular weight excluding hydrogens is 268 g/mol. The molecule has 2 rings (SSSR count). The largest absolute Gasteiger partial charge is 0.497 e. The molecule has 0 saturated carbocycles. The molecule has 0 aliphatic heterocycles. The first-order valence-corrected chi connectivity index (χ1v) is 6.72. The summed E-state index contributed by atoms with van der Waals surface area (Å²) in [6.07, 6.45) is 0. The molecule has 0 spiro atoms. The lowest BCUT2D eigenvalue weighted by atomic mass is 10.2. The second kappa shape index (κ2) is 6.79. The van der Waals surface area contributed by atoms with E-state index in [1.165, 1.54) is 0 Å². The SMILES string of the molecule is COc1ccc(Oc2ccc(OC(=O)C(C)C)cc2)cc1. The van der Waals surface area contributed by atoms with E-state index in [0.717, 1.165) is 5.75 Å². The predicted octanol–water partition coefficient (Wildman–Crippen LogP) is 4.05. The highest BCUT2D eigenvalue weighted by molar-refractivity contribution is 5.74. The molecule has 0 amide bonds. The number of benzene rings is 2. The van der Waals surface area contributed by atoms with E-state index in [-0.39, 0.29) is 11.9 Å². The van der Waals surface area contributed by atoms with E-state index in [1.807, 2.05) is 24.3 Å². The zero-order valence-electron chi connectivity index (χ0n) is 12.3. The molecule has 0 fully saturated rings. The molecule has 21 heavy (non-hydrogen) atoms. The van der Waals surface area contributed by atoms with Crippen LogP contribution in [0.15, 0.2) is 48.5 Å². The average molecular weight is 286 g/mol. The Morgan fingerprint density at radius 1 is 0.810 bits per heavy atom. The van der Waals surface area contributed by atoms with Gasteiger partial charge in [0.15, 0.2) is 0 Å². The van der Waals surface area contributed by atoms with Crippen LogP contribution in [-0.4, -0.2) is 13.1 Å². The topological polar surface area (TPSA) is 44.8 Å². The van der Waals surface area contributed by atoms with Gasteiger partial charge in [-0.1, -0.05) is 13.8 Å². The van der Waals surface area contributed by atoms with Crippen LogP contribution in [0.1, 0.15) is 13.8 Å². The molecule has 0 radical (unpaired) electrons. The Morgan fingerprint density at radius 2 is 1.24 bits per heavy atom. The van der Waals surface area contributed by atoms with Gasteiger partial charge in [-0.05, 0) is 48.5 Å². The molecule has 0 aromatic heterocycles. The van der Waals surface area contributed by atoms with E-state index >= 15 is 0 Å². The van der Waals surface area contributed by atoms with Gasteiger partial charge in [0, 0.05) is 0 Å².